The number of hydrogen-bond acceptors (Lipinski definition) is 4. The molecule has 2 aliphatic rings. The van der Waals surface area contributed by atoms with Crippen LogP contribution >= 0.6 is 11.6 Å². The summed E-state index contributed by atoms with van der Waals surface area (Å²) in [4.78, 5) is 4.81. The number of rotatable bonds is 1. The Hall–Kier alpha value is -2.47. The zero-order valence-electron chi connectivity index (χ0n) is 11.7. The number of nitrogens with zero attached hydrogens (tertiary/aromatic N) is 3. The molecular weight excluding hydrogens is 354 g/mol. The minimum Gasteiger partial charge on any atom is -0.510 e. The van der Waals surface area contributed by atoms with Crippen molar-refractivity contribution >= 4 is 23.3 Å². The third-order valence-corrected chi connectivity index (χ3v) is 3.99. The predicted octanol–water partition coefficient (Wildman–Crippen LogP) is 3.43. The molecule has 0 saturated carbocycles. The lowest BCUT2D eigenvalue weighted by Gasteiger charge is -2.19. The molecule has 5 nitrogen and oxygen atoms in total. The molecule has 2 atom stereocenters. The van der Waals surface area contributed by atoms with Gasteiger partial charge in [0.15, 0.2) is 5.82 Å². The van der Waals surface area contributed by atoms with Gasteiger partial charge in [-0.3, -0.25) is 0 Å². The van der Waals surface area contributed by atoms with Crippen LogP contribution < -0.4 is 0 Å². The molecule has 2 aliphatic heterocycles. The summed E-state index contributed by atoms with van der Waals surface area (Å²) in [5, 5.41) is 17.9. The van der Waals surface area contributed by atoms with Crippen molar-refractivity contribution in [3.63, 3.8) is 0 Å². The minimum absolute atomic E-state index is 0.0620. The highest BCUT2D eigenvalue weighted by Crippen LogP contribution is 2.39. The van der Waals surface area contributed by atoms with Crippen LogP contribution in [-0.2, 0) is 4.74 Å². The summed E-state index contributed by atoms with van der Waals surface area (Å²) in [5.41, 5.74) is -0.501. The van der Waals surface area contributed by atoms with Gasteiger partial charge >= 0.3 is 6.18 Å². The van der Waals surface area contributed by atoms with Gasteiger partial charge in [0, 0.05) is 6.54 Å². The van der Waals surface area contributed by atoms with E-state index >= 15 is 0 Å². The Bertz CT molecular complexity index is 800. The summed E-state index contributed by atoms with van der Waals surface area (Å²) >= 11 is 5.67. The Morgan fingerprint density at radius 2 is 2.12 bits per heavy atom. The number of ether oxygens (including phenoxy) is 1. The van der Waals surface area contributed by atoms with E-state index in [0.29, 0.717) is 0 Å². The molecule has 24 heavy (non-hydrogen) atoms. The maximum Gasteiger partial charge on any atom is 0.428 e. The van der Waals surface area contributed by atoms with Crippen LogP contribution in [0, 0.1) is 17.1 Å². The second kappa shape index (κ2) is 5.56. The summed E-state index contributed by atoms with van der Waals surface area (Å²) < 4.78 is 58.1. The van der Waals surface area contributed by atoms with Gasteiger partial charge in [0.2, 0.25) is 6.10 Å². The van der Waals surface area contributed by atoms with Gasteiger partial charge < -0.3 is 14.7 Å². The maximum atomic E-state index is 14.1. The highest BCUT2D eigenvalue weighted by molar-refractivity contribution is 6.32. The Kier molecular flexibility index (Phi) is 3.80. The van der Waals surface area contributed by atoms with Gasteiger partial charge in [0.25, 0.3) is 6.02 Å². The van der Waals surface area contributed by atoms with Crippen LogP contribution in [0.25, 0.3) is 0 Å². The molecule has 0 amide bonds. The van der Waals surface area contributed by atoms with Crippen molar-refractivity contribution in [2.24, 2.45) is 4.99 Å². The van der Waals surface area contributed by atoms with Crippen LogP contribution in [0.15, 0.2) is 29.0 Å². The van der Waals surface area contributed by atoms with E-state index in [0.717, 1.165) is 11.0 Å². The zero-order valence-corrected chi connectivity index (χ0v) is 12.4. The number of alkyl halides is 3. The Morgan fingerprint density at radius 3 is 2.75 bits per heavy atom. The van der Waals surface area contributed by atoms with Crippen LogP contribution in [0.3, 0.4) is 0 Å². The molecule has 1 aromatic carbocycles. The van der Waals surface area contributed by atoms with Crippen LogP contribution in [-0.4, -0.2) is 40.9 Å². The van der Waals surface area contributed by atoms with Crippen LogP contribution in [0.2, 0.25) is 5.02 Å². The summed E-state index contributed by atoms with van der Waals surface area (Å²) in [5.74, 6) is -1.53. The lowest BCUT2D eigenvalue weighted by atomic mass is 10.1. The molecule has 1 aromatic rings. The third-order valence-electron chi connectivity index (χ3n) is 3.62. The molecule has 0 aliphatic carbocycles. The summed E-state index contributed by atoms with van der Waals surface area (Å²) in [6.45, 7) is -0.0620. The number of nitriles is 1. The van der Waals surface area contributed by atoms with E-state index in [9.17, 15) is 22.7 Å². The largest absolute Gasteiger partial charge is 0.510 e. The number of amidine groups is 1. The molecule has 1 saturated heterocycles. The first-order valence-corrected chi connectivity index (χ1v) is 6.97. The smallest absolute Gasteiger partial charge is 0.428 e. The van der Waals surface area contributed by atoms with E-state index < -0.39 is 40.9 Å². The number of hydrogen-bond donors (Lipinski definition) is 1. The van der Waals surface area contributed by atoms with Gasteiger partial charge in [0.1, 0.15) is 23.6 Å². The minimum atomic E-state index is -4.74. The normalized spacial score (nSPS) is 24.6. The van der Waals surface area contributed by atoms with E-state index in [4.69, 9.17) is 21.6 Å². The quantitative estimate of drug-likeness (QED) is 0.778. The first-order valence-electron chi connectivity index (χ1n) is 6.60. The molecule has 0 bridgehead atoms. The SMILES string of the molecule is N#Cc1ccc(/N=C2\O[C@@H](C(F)(F)F)[C@H]3C(O)=CCN23)c(F)c1Cl. The summed E-state index contributed by atoms with van der Waals surface area (Å²) in [7, 11) is 0. The number of aliphatic imine (C=N–C) groups is 1. The predicted molar refractivity (Wildman–Crippen MR) is 75.4 cm³/mol. The molecule has 126 valence electrons. The van der Waals surface area contributed by atoms with Crippen LogP contribution in [0.5, 0.6) is 0 Å². The standard InChI is InChI=1S/C14H8ClF4N3O2/c15-9-6(5-20)1-2-7(10(9)16)21-13-22-4-3-8(23)11(22)12(24-13)14(17,18)19/h1-3,11-12,23H,4H2/b21-13-/t11-,12-/m1/s1. The molecule has 0 spiro atoms. The van der Waals surface area contributed by atoms with Gasteiger partial charge in [-0.15, -0.1) is 0 Å². The molecule has 0 aromatic heterocycles. The lowest BCUT2D eigenvalue weighted by Crippen LogP contribution is -2.41. The third kappa shape index (κ3) is 2.53. The fourth-order valence-electron chi connectivity index (χ4n) is 2.50. The van der Waals surface area contributed by atoms with Crippen molar-refractivity contribution in [1.82, 2.24) is 4.90 Å². The Labute approximate surface area is 138 Å². The van der Waals surface area contributed by atoms with Crippen molar-refractivity contribution in [1.29, 1.82) is 5.26 Å². The first-order chi connectivity index (χ1) is 11.2. The van der Waals surface area contributed by atoms with E-state index in [-0.39, 0.29) is 17.8 Å². The molecule has 0 radical (unpaired) electrons. The van der Waals surface area contributed by atoms with Crippen LogP contribution in [0.1, 0.15) is 5.56 Å². The number of halogens is 5. The Morgan fingerprint density at radius 1 is 1.42 bits per heavy atom. The molecule has 10 heteroatoms. The number of aliphatic hydroxyl groups is 1. The van der Waals surface area contributed by atoms with Crippen LogP contribution in [0.4, 0.5) is 23.2 Å². The molecule has 2 heterocycles. The van der Waals surface area contributed by atoms with Gasteiger partial charge in [-0.2, -0.15) is 23.4 Å². The molecule has 1 fully saturated rings. The second-order valence-electron chi connectivity index (χ2n) is 5.07. The fourth-order valence-corrected chi connectivity index (χ4v) is 2.70. The first kappa shape index (κ1) is 16.4. The molecular formula is C14H8ClF4N3O2. The monoisotopic (exact) mass is 361 g/mol. The van der Waals surface area contributed by atoms with E-state index in [2.05, 4.69) is 4.99 Å². The summed E-state index contributed by atoms with van der Waals surface area (Å²) in [6, 6.07) is 2.03. The van der Waals surface area contributed by atoms with Crippen molar-refractivity contribution in [3.05, 3.63) is 40.4 Å². The van der Waals surface area contributed by atoms with Crippen molar-refractivity contribution < 1.29 is 27.4 Å². The highest BCUT2D eigenvalue weighted by Gasteiger charge is 2.58. The zero-order chi connectivity index (χ0) is 17.6. The van der Waals surface area contributed by atoms with E-state index in [1.807, 2.05) is 0 Å². The lowest BCUT2D eigenvalue weighted by molar-refractivity contribution is -0.197. The maximum absolute atomic E-state index is 14.1. The topological polar surface area (TPSA) is 68.8 Å². The number of benzene rings is 1. The van der Waals surface area contributed by atoms with Crippen molar-refractivity contribution in [2.75, 3.05) is 6.54 Å². The fraction of sp³-hybridized carbons (Fsp3) is 0.286. The number of fused-ring (bicyclic) bond motifs is 1. The molecule has 1 N–H and O–H groups in total. The van der Waals surface area contributed by atoms with E-state index in [1.54, 1.807) is 6.07 Å². The van der Waals surface area contributed by atoms with Gasteiger partial charge in [-0.05, 0) is 18.2 Å². The number of aliphatic hydroxyl groups excluding tert-OH is 1. The van der Waals surface area contributed by atoms with Gasteiger partial charge in [-0.1, -0.05) is 11.6 Å². The average molecular weight is 362 g/mol. The van der Waals surface area contributed by atoms with E-state index in [1.165, 1.54) is 12.1 Å². The van der Waals surface area contributed by atoms with Gasteiger partial charge in [0.05, 0.1) is 10.6 Å². The van der Waals surface area contributed by atoms with Gasteiger partial charge in [-0.25, -0.2) is 4.39 Å². The average Bonchev–Trinajstić information content (AvgIpc) is 3.06. The molecule has 3 rings (SSSR count). The molecule has 0 unspecified atom stereocenters. The van der Waals surface area contributed by atoms with Crippen molar-refractivity contribution in [2.45, 2.75) is 18.3 Å². The highest BCUT2D eigenvalue weighted by atomic mass is 35.5. The van der Waals surface area contributed by atoms with Crippen molar-refractivity contribution in [3.8, 4) is 6.07 Å². The second-order valence-corrected chi connectivity index (χ2v) is 5.45. The Balaban J connectivity index is 2.01. The summed E-state index contributed by atoms with van der Waals surface area (Å²) in [6.07, 6.45) is -5.86.